The number of piperazine rings is 1. The van der Waals surface area contributed by atoms with E-state index >= 15 is 0 Å². The van der Waals surface area contributed by atoms with E-state index in [1.54, 1.807) is 0 Å². The Balaban J connectivity index is 1.36. The third-order valence-electron chi connectivity index (χ3n) is 6.17. The summed E-state index contributed by atoms with van der Waals surface area (Å²) in [5.41, 5.74) is 5.02. The molecule has 4 rings (SSSR count). The largest absolute Gasteiger partial charge is 0.304 e. The van der Waals surface area contributed by atoms with Crippen LogP contribution in [0.5, 0.6) is 0 Å². The molecule has 1 atom stereocenters. The van der Waals surface area contributed by atoms with E-state index in [4.69, 9.17) is 0 Å². The van der Waals surface area contributed by atoms with Crippen LogP contribution in [0.2, 0.25) is 0 Å². The Morgan fingerprint density at radius 1 is 1.04 bits per heavy atom. The second kappa shape index (κ2) is 8.55. The van der Waals surface area contributed by atoms with E-state index < -0.39 is 0 Å². The van der Waals surface area contributed by atoms with E-state index in [1.165, 1.54) is 81.0 Å². The highest BCUT2D eigenvalue weighted by molar-refractivity contribution is 5.62. The molecule has 2 aromatic rings. The van der Waals surface area contributed by atoms with Gasteiger partial charge in [0.25, 0.3) is 0 Å². The molecular weight excluding hydrogens is 334 g/mol. The van der Waals surface area contributed by atoms with Crippen LogP contribution in [0.3, 0.4) is 0 Å². The van der Waals surface area contributed by atoms with Crippen molar-refractivity contribution in [2.45, 2.75) is 26.3 Å². The Bertz CT molecular complexity index is 715. The molecule has 1 aromatic carbocycles. The zero-order valence-corrected chi connectivity index (χ0v) is 16.8. The van der Waals surface area contributed by atoms with Crippen LogP contribution in [-0.4, -0.2) is 77.8 Å². The fourth-order valence-corrected chi connectivity index (χ4v) is 4.48. The van der Waals surface area contributed by atoms with E-state index in [0.717, 1.165) is 12.5 Å². The Morgan fingerprint density at radius 2 is 1.81 bits per heavy atom. The number of likely N-dealkylation sites (N-methyl/N-ethyl adjacent to an activating group) is 1. The highest BCUT2D eigenvalue weighted by atomic mass is 15.2. The molecule has 0 bridgehead atoms. The topological polar surface area (TPSA) is 38.4 Å². The smallest absolute Gasteiger partial charge is 0.0695 e. The molecule has 0 saturated carbocycles. The number of aromatic nitrogens is 2. The fourth-order valence-electron chi connectivity index (χ4n) is 4.48. The van der Waals surface area contributed by atoms with Crippen LogP contribution in [0.15, 0.2) is 30.5 Å². The van der Waals surface area contributed by atoms with E-state index in [9.17, 15) is 0 Å². The van der Waals surface area contributed by atoms with Crippen molar-refractivity contribution in [2.24, 2.45) is 5.92 Å². The molecule has 27 heavy (non-hydrogen) atoms. The number of benzene rings is 1. The first-order valence-electron chi connectivity index (χ1n) is 10.4. The third kappa shape index (κ3) is 4.78. The molecule has 2 aliphatic heterocycles. The lowest BCUT2D eigenvalue weighted by Gasteiger charge is -2.38. The molecule has 3 heterocycles. The maximum absolute atomic E-state index is 4.34. The molecule has 5 nitrogen and oxygen atoms in total. The molecular formula is C22H33N5. The Hall–Kier alpha value is -1.69. The van der Waals surface area contributed by atoms with Gasteiger partial charge in [-0.1, -0.05) is 29.8 Å². The predicted octanol–water partition coefficient (Wildman–Crippen LogP) is 2.84. The summed E-state index contributed by atoms with van der Waals surface area (Å²) >= 11 is 0. The van der Waals surface area contributed by atoms with Crippen LogP contribution in [0.4, 0.5) is 0 Å². The maximum Gasteiger partial charge on any atom is 0.0695 e. The average Bonchev–Trinajstić information content (AvgIpc) is 3.13. The van der Waals surface area contributed by atoms with Crippen molar-refractivity contribution < 1.29 is 0 Å². The highest BCUT2D eigenvalue weighted by Gasteiger charge is 2.24. The van der Waals surface area contributed by atoms with Crippen LogP contribution in [0.1, 0.15) is 24.0 Å². The van der Waals surface area contributed by atoms with Gasteiger partial charge < -0.3 is 9.80 Å². The van der Waals surface area contributed by atoms with E-state index in [0.29, 0.717) is 0 Å². The standard InChI is InChI=1S/C22H33N5/c1-18-5-7-20(8-6-18)22-21(14-23-24-22)17-27-9-3-4-19(16-27)15-26-12-10-25(2)11-13-26/h5-8,14,19H,3-4,9-13,15-17H2,1-2H3,(H,23,24). The number of nitrogens with one attached hydrogen (secondary N) is 1. The molecule has 0 amide bonds. The summed E-state index contributed by atoms with van der Waals surface area (Å²) in [6, 6.07) is 8.73. The number of likely N-dealkylation sites (tertiary alicyclic amines) is 1. The predicted molar refractivity (Wildman–Crippen MR) is 111 cm³/mol. The van der Waals surface area contributed by atoms with Crippen molar-refractivity contribution in [3.8, 4) is 11.3 Å². The van der Waals surface area contributed by atoms with Crippen molar-refractivity contribution >= 4 is 0 Å². The summed E-state index contributed by atoms with van der Waals surface area (Å²) in [6.45, 7) is 11.7. The monoisotopic (exact) mass is 367 g/mol. The molecule has 0 spiro atoms. The fraction of sp³-hybridized carbons (Fsp3) is 0.591. The molecule has 0 radical (unpaired) electrons. The van der Waals surface area contributed by atoms with Gasteiger partial charge in [0, 0.05) is 51.4 Å². The van der Waals surface area contributed by atoms with Crippen LogP contribution >= 0.6 is 0 Å². The normalized spacial score (nSPS) is 23.0. The van der Waals surface area contributed by atoms with Gasteiger partial charge in [0.2, 0.25) is 0 Å². The molecule has 1 N–H and O–H groups in total. The number of H-pyrrole nitrogens is 1. The van der Waals surface area contributed by atoms with Gasteiger partial charge in [0.1, 0.15) is 0 Å². The number of hydrogen-bond acceptors (Lipinski definition) is 4. The summed E-state index contributed by atoms with van der Waals surface area (Å²) < 4.78 is 0. The minimum atomic E-state index is 0.803. The number of aryl methyl sites for hydroxylation is 1. The molecule has 5 heteroatoms. The summed E-state index contributed by atoms with van der Waals surface area (Å²) in [6.07, 6.45) is 4.70. The van der Waals surface area contributed by atoms with Gasteiger partial charge in [0.05, 0.1) is 11.9 Å². The van der Waals surface area contributed by atoms with Gasteiger partial charge in [-0.15, -0.1) is 0 Å². The van der Waals surface area contributed by atoms with Gasteiger partial charge in [-0.3, -0.25) is 10.00 Å². The van der Waals surface area contributed by atoms with Crippen LogP contribution in [-0.2, 0) is 6.54 Å². The van der Waals surface area contributed by atoms with Crippen molar-refractivity contribution in [3.63, 3.8) is 0 Å². The van der Waals surface area contributed by atoms with E-state index in [2.05, 4.69) is 63.1 Å². The minimum Gasteiger partial charge on any atom is -0.304 e. The number of hydrogen-bond donors (Lipinski definition) is 1. The van der Waals surface area contributed by atoms with Crippen molar-refractivity contribution in [1.82, 2.24) is 24.9 Å². The second-order valence-corrected chi connectivity index (χ2v) is 8.48. The Kier molecular flexibility index (Phi) is 5.91. The zero-order valence-electron chi connectivity index (χ0n) is 16.8. The van der Waals surface area contributed by atoms with Crippen LogP contribution < -0.4 is 0 Å². The van der Waals surface area contributed by atoms with Gasteiger partial charge in [-0.2, -0.15) is 5.10 Å². The van der Waals surface area contributed by atoms with E-state index in [-0.39, 0.29) is 0 Å². The number of rotatable bonds is 5. The number of aromatic amines is 1. The van der Waals surface area contributed by atoms with Gasteiger partial charge in [-0.05, 0) is 44.8 Å². The Morgan fingerprint density at radius 3 is 2.59 bits per heavy atom. The maximum atomic E-state index is 4.34. The SMILES string of the molecule is Cc1ccc(-c2[nH]ncc2CN2CCCC(CN3CCN(C)CC3)C2)cc1. The lowest BCUT2D eigenvalue weighted by Crippen LogP contribution is -2.48. The zero-order chi connectivity index (χ0) is 18.6. The molecule has 2 saturated heterocycles. The first-order chi connectivity index (χ1) is 13.2. The number of nitrogens with zero attached hydrogens (tertiary/aromatic N) is 4. The van der Waals surface area contributed by atoms with Crippen LogP contribution in [0, 0.1) is 12.8 Å². The summed E-state index contributed by atoms with van der Waals surface area (Å²) in [4.78, 5) is 7.74. The third-order valence-corrected chi connectivity index (χ3v) is 6.17. The summed E-state index contributed by atoms with van der Waals surface area (Å²) in [5.74, 6) is 0.803. The lowest BCUT2D eigenvalue weighted by molar-refractivity contribution is 0.0967. The van der Waals surface area contributed by atoms with E-state index in [1.807, 2.05) is 6.20 Å². The summed E-state index contributed by atoms with van der Waals surface area (Å²) in [5, 5.41) is 7.56. The van der Waals surface area contributed by atoms with Crippen molar-refractivity contribution in [1.29, 1.82) is 0 Å². The van der Waals surface area contributed by atoms with Gasteiger partial charge >= 0.3 is 0 Å². The first kappa shape index (κ1) is 18.7. The second-order valence-electron chi connectivity index (χ2n) is 8.48. The van der Waals surface area contributed by atoms with Crippen molar-refractivity contribution in [2.75, 3.05) is 52.9 Å². The summed E-state index contributed by atoms with van der Waals surface area (Å²) in [7, 11) is 2.23. The molecule has 2 fully saturated rings. The number of piperidine rings is 1. The molecule has 146 valence electrons. The Labute approximate surface area is 163 Å². The average molecular weight is 368 g/mol. The lowest BCUT2D eigenvalue weighted by atomic mass is 9.96. The molecule has 1 unspecified atom stereocenters. The molecule has 2 aliphatic rings. The molecule has 1 aromatic heterocycles. The highest BCUT2D eigenvalue weighted by Crippen LogP contribution is 2.25. The first-order valence-corrected chi connectivity index (χ1v) is 10.4. The van der Waals surface area contributed by atoms with Gasteiger partial charge in [0.15, 0.2) is 0 Å². The van der Waals surface area contributed by atoms with Crippen molar-refractivity contribution in [3.05, 3.63) is 41.6 Å². The quantitative estimate of drug-likeness (QED) is 0.882. The minimum absolute atomic E-state index is 0.803. The molecule has 0 aliphatic carbocycles. The van der Waals surface area contributed by atoms with Crippen LogP contribution in [0.25, 0.3) is 11.3 Å². The van der Waals surface area contributed by atoms with Gasteiger partial charge in [-0.25, -0.2) is 0 Å².